The Labute approximate surface area is 136 Å². The van der Waals surface area contributed by atoms with Crippen LogP contribution in [0.4, 0.5) is 13.2 Å². The Kier molecular flexibility index (Phi) is 5.53. The number of carbonyl (C=O) groups is 1. The molecule has 0 aliphatic carbocycles. The molecule has 0 aliphatic heterocycles. The maximum absolute atomic E-state index is 14.2. The summed E-state index contributed by atoms with van der Waals surface area (Å²) in [7, 11) is 1.13. The molecule has 2 aromatic rings. The minimum atomic E-state index is -1.19. The molecule has 0 bridgehead atoms. The van der Waals surface area contributed by atoms with Gasteiger partial charge in [-0.3, -0.25) is 9.78 Å². The molecule has 4 nitrogen and oxygen atoms in total. The molecular weight excluding hydrogens is 321 g/mol. The number of carbonyl (C=O) groups excluding carboxylic acids is 1. The van der Waals surface area contributed by atoms with Gasteiger partial charge in [-0.25, -0.2) is 13.2 Å². The first-order chi connectivity index (χ1) is 11.5. The smallest absolute Gasteiger partial charge is 0.306 e. The number of rotatable bonds is 5. The molecule has 7 heteroatoms. The summed E-state index contributed by atoms with van der Waals surface area (Å²) in [5.74, 6) is -5.60. The number of aromatic nitrogens is 1. The van der Waals surface area contributed by atoms with Crippen LogP contribution >= 0.6 is 0 Å². The number of hydrogen-bond donors (Lipinski definition) is 0. The van der Waals surface area contributed by atoms with Crippen molar-refractivity contribution in [3.8, 4) is 6.07 Å². The number of nitrogens with zero attached hydrogens (tertiary/aromatic N) is 2. The quantitative estimate of drug-likeness (QED) is 0.786. The Bertz CT molecular complexity index is 769. The van der Waals surface area contributed by atoms with Crippen molar-refractivity contribution in [2.75, 3.05) is 7.11 Å². The molecule has 0 unspecified atom stereocenters. The maximum atomic E-state index is 14.2. The van der Waals surface area contributed by atoms with Gasteiger partial charge in [0.25, 0.3) is 0 Å². The van der Waals surface area contributed by atoms with Gasteiger partial charge in [0.05, 0.1) is 31.7 Å². The molecule has 1 heterocycles. The molecular formula is C17H13F3N2O2. The van der Waals surface area contributed by atoms with Crippen LogP contribution in [0.1, 0.15) is 29.4 Å². The first-order valence-corrected chi connectivity index (χ1v) is 6.98. The summed E-state index contributed by atoms with van der Waals surface area (Å²) in [5.41, 5.74) is -0.298. The number of ether oxygens (including phenoxy) is 1. The molecule has 124 valence electrons. The topological polar surface area (TPSA) is 63.0 Å². The highest BCUT2D eigenvalue weighted by Crippen LogP contribution is 2.38. The Balaban J connectivity index is 2.56. The average Bonchev–Trinajstić information content (AvgIpc) is 2.55. The van der Waals surface area contributed by atoms with Gasteiger partial charge < -0.3 is 4.74 Å². The van der Waals surface area contributed by atoms with Gasteiger partial charge in [-0.2, -0.15) is 5.26 Å². The number of methoxy groups -OCH3 is 1. The minimum absolute atomic E-state index is 0.119. The molecule has 2 atom stereocenters. The molecule has 1 aromatic heterocycles. The normalized spacial score (nSPS) is 13.0. The minimum Gasteiger partial charge on any atom is -0.469 e. The second-order valence-corrected chi connectivity index (χ2v) is 5.07. The lowest BCUT2D eigenvalue weighted by molar-refractivity contribution is -0.141. The summed E-state index contributed by atoms with van der Waals surface area (Å²) < 4.78 is 46.3. The summed E-state index contributed by atoms with van der Waals surface area (Å²) in [6, 6.07) is 6.16. The van der Waals surface area contributed by atoms with Crippen LogP contribution in [0.2, 0.25) is 0 Å². The zero-order valence-corrected chi connectivity index (χ0v) is 12.7. The van der Waals surface area contributed by atoms with Gasteiger partial charge >= 0.3 is 5.97 Å². The highest BCUT2D eigenvalue weighted by Gasteiger charge is 2.32. The van der Waals surface area contributed by atoms with Crippen LogP contribution in [0, 0.1) is 28.8 Å². The van der Waals surface area contributed by atoms with Gasteiger partial charge in [-0.05, 0) is 23.8 Å². The molecule has 2 rings (SSSR count). The molecule has 0 radical (unpaired) electrons. The van der Waals surface area contributed by atoms with E-state index in [-0.39, 0.29) is 5.56 Å². The third-order valence-electron chi connectivity index (χ3n) is 3.61. The van der Waals surface area contributed by atoms with E-state index in [0.717, 1.165) is 31.5 Å². The standard InChI is InChI=1S/C17H13F3N2O2/c1-24-16(23)6-12(17-14(19)3-2-4-15(17)20)13(7-21)10-5-11(18)9-22-8-10/h2-5,8-9,12-13H,6H2,1H3/t12-,13-/m1/s1. The first-order valence-electron chi connectivity index (χ1n) is 6.98. The number of pyridine rings is 1. The monoisotopic (exact) mass is 334 g/mol. The van der Waals surface area contributed by atoms with E-state index in [9.17, 15) is 23.2 Å². The summed E-state index contributed by atoms with van der Waals surface area (Å²) in [5, 5.41) is 9.47. The van der Waals surface area contributed by atoms with Crippen molar-refractivity contribution in [1.29, 1.82) is 5.26 Å². The van der Waals surface area contributed by atoms with Crippen LogP contribution in [-0.4, -0.2) is 18.1 Å². The Morgan fingerprint density at radius 1 is 1.29 bits per heavy atom. The second-order valence-electron chi connectivity index (χ2n) is 5.07. The summed E-state index contributed by atoms with van der Waals surface area (Å²) in [6.07, 6.45) is 1.72. The average molecular weight is 334 g/mol. The van der Waals surface area contributed by atoms with E-state index in [1.807, 2.05) is 6.07 Å². The van der Waals surface area contributed by atoms with Crippen molar-refractivity contribution in [2.45, 2.75) is 18.3 Å². The number of nitriles is 1. The lowest BCUT2D eigenvalue weighted by Crippen LogP contribution is -2.18. The molecule has 0 fully saturated rings. The highest BCUT2D eigenvalue weighted by atomic mass is 19.1. The summed E-state index contributed by atoms with van der Waals surface area (Å²) in [4.78, 5) is 15.3. The Hall–Kier alpha value is -2.88. The van der Waals surface area contributed by atoms with Crippen LogP contribution in [0.5, 0.6) is 0 Å². The molecule has 24 heavy (non-hydrogen) atoms. The van der Waals surface area contributed by atoms with Gasteiger partial charge in [0.2, 0.25) is 0 Å². The largest absolute Gasteiger partial charge is 0.469 e. The molecule has 0 saturated heterocycles. The van der Waals surface area contributed by atoms with Crippen LogP contribution in [0.25, 0.3) is 0 Å². The van der Waals surface area contributed by atoms with E-state index in [4.69, 9.17) is 0 Å². The van der Waals surface area contributed by atoms with Gasteiger partial charge in [-0.15, -0.1) is 0 Å². The fourth-order valence-electron chi connectivity index (χ4n) is 2.51. The summed E-state index contributed by atoms with van der Waals surface area (Å²) >= 11 is 0. The van der Waals surface area contributed by atoms with Crippen molar-refractivity contribution < 1.29 is 22.7 Å². The molecule has 0 saturated carbocycles. The fraction of sp³-hybridized carbons (Fsp3) is 0.235. The molecule has 1 aromatic carbocycles. The molecule has 0 aliphatic rings. The Morgan fingerprint density at radius 3 is 2.50 bits per heavy atom. The SMILES string of the molecule is COC(=O)C[C@@H](c1c(F)cccc1F)[C@H](C#N)c1cncc(F)c1. The number of halogens is 3. The van der Waals surface area contributed by atoms with Crippen molar-refractivity contribution in [1.82, 2.24) is 4.98 Å². The lowest BCUT2D eigenvalue weighted by atomic mass is 9.80. The predicted molar refractivity (Wildman–Crippen MR) is 78.3 cm³/mol. The third-order valence-corrected chi connectivity index (χ3v) is 3.61. The van der Waals surface area contributed by atoms with Gasteiger partial charge in [0.15, 0.2) is 0 Å². The van der Waals surface area contributed by atoms with E-state index in [0.29, 0.717) is 0 Å². The van der Waals surface area contributed by atoms with E-state index >= 15 is 0 Å². The number of benzene rings is 1. The zero-order valence-electron chi connectivity index (χ0n) is 12.7. The van der Waals surface area contributed by atoms with Crippen LogP contribution in [0.15, 0.2) is 36.7 Å². The van der Waals surface area contributed by atoms with Crippen molar-refractivity contribution in [2.24, 2.45) is 0 Å². The van der Waals surface area contributed by atoms with Gasteiger partial charge in [-0.1, -0.05) is 6.07 Å². The summed E-state index contributed by atoms with van der Waals surface area (Å²) in [6.45, 7) is 0. The van der Waals surface area contributed by atoms with Crippen LogP contribution in [0.3, 0.4) is 0 Å². The first kappa shape index (κ1) is 17.5. The molecule has 0 spiro atoms. The fourth-order valence-corrected chi connectivity index (χ4v) is 2.51. The maximum Gasteiger partial charge on any atom is 0.306 e. The number of esters is 1. The number of hydrogen-bond acceptors (Lipinski definition) is 4. The van der Waals surface area contributed by atoms with E-state index in [1.165, 1.54) is 12.3 Å². The molecule has 0 amide bonds. The molecule has 0 N–H and O–H groups in total. The van der Waals surface area contributed by atoms with Crippen molar-refractivity contribution >= 4 is 5.97 Å². The third kappa shape index (κ3) is 3.71. The second kappa shape index (κ2) is 7.59. The van der Waals surface area contributed by atoms with Crippen LogP contribution < -0.4 is 0 Å². The van der Waals surface area contributed by atoms with Gasteiger partial charge in [0.1, 0.15) is 17.5 Å². The van der Waals surface area contributed by atoms with Crippen LogP contribution in [-0.2, 0) is 9.53 Å². The predicted octanol–water partition coefficient (Wildman–Crippen LogP) is 3.45. The van der Waals surface area contributed by atoms with E-state index < -0.39 is 47.2 Å². The van der Waals surface area contributed by atoms with Gasteiger partial charge in [0, 0.05) is 17.7 Å². The van der Waals surface area contributed by atoms with Crippen molar-refractivity contribution in [3.63, 3.8) is 0 Å². The zero-order chi connectivity index (χ0) is 17.7. The van der Waals surface area contributed by atoms with Crippen molar-refractivity contribution in [3.05, 3.63) is 65.2 Å². The van der Waals surface area contributed by atoms with E-state index in [2.05, 4.69) is 9.72 Å². The highest BCUT2D eigenvalue weighted by molar-refractivity contribution is 5.71. The van der Waals surface area contributed by atoms with E-state index in [1.54, 1.807) is 0 Å². The Morgan fingerprint density at radius 2 is 1.96 bits per heavy atom. The lowest BCUT2D eigenvalue weighted by Gasteiger charge is -2.22.